The minimum Gasteiger partial charge on any atom is -0.378 e. The van der Waals surface area contributed by atoms with Gasteiger partial charge in [0.1, 0.15) is 0 Å². The van der Waals surface area contributed by atoms with Crippen LogP contribution in [0.4, 0.5) is 0 Å². The van der Waals surface area contributed by atoms with Crippen molar-refractivity contribution >= 4 is 0 Å². The highest BCUT2D eigenvalue weighted by atomic mass is 16.5. The van der Waals surface area contributed by atoms with Crippen molar-refractivity contribution in [2.75, 3.05) is 19.7 Å². The minimum absolute atomic E-state index is 0.530. The van der Waals surface area contributed by atoms with Gasteiger partial charge in [0, 0.05) is 31.3 Å². The third-order valence-corrected chi connectivity index (χ3v) is 4.20. The van der Waals surface area contributed by atoms with E-state index in [1.54, 1.807) is 0 Å². The molecule has 3 nitrogen and oxygen atoms in total. The molecule has 1 aliphatic carbocycles. The maximum absolute atomic E-state index is 5.67. The van der Waals surface area contributed by atoms with Gasteiger partial charge in [-0.25, -0.2) is 0 Å². The monoisotopic (exact) mass is 240 g/mol. The largest absolute Gasteiger partial charge is 0.378 e. The van der Waals surface area contributed by atoms with Crippen LogP contribution in [0.15, 0.2) is 0 Å². The molecule has 1 atom stereocenters. The summed E-state index contributed by atoms with van der Waals surface area (Å²) in [6, 6.07) is 2.14. The molecule has 0 aromatic rings. The Balaban J connectivity index is 1.77. The van der Waals surface area contributed by atoms with Gasteiger partial charge in [-0.15, -0.1) is 0 Å². The predicted octanol–water partition coefficient (Wildman–Crippen LogP) is 2.02. The van der Waals surface area contributed by atoms with Gasteiger partial charge in [-0.2, -0.15) is 0 Å². The molecule has 1 unspecified atom stereocenters. The fourth-order valence-electron chi connectivity index (χ4n) is 3.13. The highest BCUT2D eigenvalue weighted by Crippen LogP contribution is 2.30. The lowest BCUT2D eigenvalue weighted by Gasteiger charge is -2.45. The summed E-state index contributed by atoms with van der Waals surface area (Å²) >= 11 is 0. The maximum atomic E-state index is 5.67. The molecule has 0 radical (unpaired) electrons. The molecule has 1 heterocycles. The first-order chi connectivity index (χ1) is 8.20. The Bertz CT molecular complexity index is 220. The molecule has 1 saturated carbocycles. The van der Waals surface area contributed by atoms with Gasteiger partial charge in [-0.3, -0.25) is 4.90 Å². The quantitative estimate of drug-likeness (QED) is 0.769. The fourth-order valence-corrected chi connectivity index (χ4v) is 3.13. The fraction of sp³-hybridized carbons (Fsp3) is 1.00. The molecular weight excluding hydrogens is 212 g/mol. The van der Waals surface area contributed by atoms with Gasteiger partial charge in [-0.05, 0) is 53.0 Å². The number of ether oxygens (including phenoxy) is 1. The molecule has 1 N–H and O–H groups in total. The van der Waals surface area contributed by atoms with E-state index in [1.165, 1.54) is 38.8 Å². The smallest absolute Gasteiger partial charge is 0.0604 e. The molecule has 1 saturated heterocycles. The average molecular weight is 240 g/mol. The van der Waals surface area contributed by atoms with E-state index in [0.717, 1.165) is 18.7 Å². The first kappa shape index (κ1) is 13.3. The van der Waals surface area contributed by atoms with Crippen LogP contribution in [0.25, 0.3) is 0 Å². The lowest BCUT2D eigenvalue weighted by atomic mass is 9.86. The van der Waals surface area contributed by atoms with Crippen LogP contribution in [0.5, 0.6) is 0 Å². The average Bonchev–Trinajstić information content (AvgIpc) is 2.72. The molecule has 17 heavy (non-hydrogen) atoms. The first-order valence-corrected chi connectivity index (χ1v) is 7.31. The second kappa shape index (κ2) is 6.17. The van der Waals surface area contributed by atoms with E-state index >= 15 is 0 Å². The van der Waals surface area contributed by atoms with Crippen molar-refractivity contribution in [1.29, 1.82) is 0 Å². The second-order valence-corrected chi connectivity index (χ2v) is 5.79. The molecule has 0 bridgehead atoms. The molecule has 3 heteroatoms. The van der Waals surface area contributed by atoms with Crippen molar-refractivity contribution in [1.82, 2.24) is 10.2 Å². The minimum atomic E-state index is 0.530. The summed E-state index contributed by atoms with van der Waals surface area (Å²) in [4.78, 5) is 2.68. The molecule has 100 valence electrons. The van der Waals surface area contributed by atoms with Gasteiger partial charge in [-0.1, -0.05) is 0 Å². The molecule has 2 rings (SSSR count). The molecule has 0 aromatic heterocycles. The van der Waals surface area contributed by atoms with Crippen LogP contribution in [0.3, 0.4) is 0 Å². The van der Waals surface area contributed by atoms with Crippen molar-refractivity contribution in [2.45, 2.75) is 70.7 Å². The number of nitrogens with one attached hydrogen (secondary N) is 1. The summed E-state index contributed by atoms with van der Waals surface area (Å²) in [6.07, 6.45) is 5.70. The lowest BCUT2D eigenvalue weighted by molar-refractivity contribution is -0.0558. The van der Waals surface area contributed by atoms with E-state index in [1.807, 2.05) is 0 Å². The Kier molecular flexibility index (Phi) is 4.83. The van der Waals surface area contributed by atoms with Crippen LogP contribution < -0.4 is 5.32 Å². The number of rotatable bonds is 6. The van der Waals surface area contributed by atoms with E-state index in [2.05, 4.69) is 31.0 Å². The van der Waals surface area contributed by atoms with Gasteiger partial charge >= 0.3 is 0 Å². The summed E-state index contributed by atoms with van der Waals surface area (Å²) in [5, 5.41) is 3.61. The first-order valence-electron chi connectivity index (χ1n) is 7.31. The van der Waals surface area contributed by atoms with Gasteiger partial charge in [0.15, 0.2) is 0 Å². The Labute approximate surface area is 106 Å². The van der Waals surface area contributed by atoms with Crippen LogP contribution in [0.1, 0.15) is 46.5 Å². The maximum Gasteiger partial charge on any atom is 0.0604 e. The highest BCUT2D eigenvalue weighted by Gasteiger charge is 2.36. The number of hydrogen-bond acceptors (Lipinski definition) is 3. The van der Waals surface area contributed by atoms with Crippen molar-refractivity contribution in [3.05, 3.63) is 0 Å². The predicted molar refractivity (Wildman–Crippen MR) is 71.3 cm³/mol. The number of hydrogen-bond donors (Lipinski definition) is 1. The molecule has 2 fully saturated rings. The standard InChI is InChI=1S/C14H28N2O/c1-4-17-14-8-13(9-14)16(11(2)3)10-12-6-5-7-15-12/h11-15H,4-10H2,1-3H3. The molecule has 0 aromatic carbocycles. The van der Waals surface area contributed by atoms with E-state index in [-0.39, 0.29) is 0 Å². The topological polar surface area (TPSA) is 24.5 Å². The molecular formula is C14H28N2O. The zero-order valence-corrected chi connectivity index (χ0v) is 11.6. The van der Waals surface area contributed by atoms with E-state index in [0.29, 0.717) is 12.1 Å². The third kappa shape index (κ3) is 3.43. The SMILES string of the molecule is CCOC1CC(N(CC2CCCN2)C(C)C)C1. The Morgan fingerprint density at radius 2 is 2.12 bits per heavy atom. The Morgan fingerprint density at radius 1 is 1.35 bits per heavy atom. The van der Waals surface area contributed by atoms with Gasteiger partial charge in [0.05, 0.1) is 6.10 Å². The van der Waals surface area contributed by atoms with Crippen LogP contribution in [-0.4, -0.2) is 48.8 Å². The normalized spacial score (nSPS) is 33.4. The second-order valence-electron chi connectivity index (χ2n) is 5.79. The summed E-state index contributed by atoms with van der Waals surface area (Å²) in [6.45, 7) is 10.0. The van der Waals surface area contributed by atoms with Gasteiger partial charge in [0.25, 0.3) is 0 Å². The number of nitrogens with zero attached hydrogens (tertiary/aromatic N) is 1. The van der Waals surface area contributed by atoms with Crippen molar-refractivity contribution in [3.63, 3.8) is 0 Å². The summed E-state index contributed by atoms with van der Waals surface area (Å²) in [7, 11) is 0. The Hall–Kier alpha value is -0.120. The zero-order valence-electron chi connectivity index (χ0n) is 11.6. The van der Waals surface area contributed by atoms with Crippen LogP contribution >= 0.6 is 0 Å². The van der Waals surface area contributed by atoms with Crippen LogP contribution in [0, 0.1) is 0 Å². The lowest BCUT2D eigenvalue weighted by Crippen LogP contribution is -2.54. The highest BCUT2D eigenvalue weighted by molar-refractivity contribution is 4.91. The van der Waals surface area contributed by atoms with Crippen molar-refractivity contribution < 1.29 is 4.74 Å². The van der Waals surface area contributed by atoms with Crippen molar-refractivity contribution in [2.24, 2.45) is 0 Å². The molecule has 0 amide bonds. The third-order valence-electron chi connectivity index (χ3n) is 4.20. The van der Waals surface area contributed by atoms with Crippen LogP contribution in [-0.2, 0) is 4.74 Å². The van der Waals surface area contributed by atoms with Crippen molar-refractivity contribution in [3.8, 4) is 0 Å². The van der Waals surface area contributed by atoms with Crippen LogP contribution in [0.2, 0.25) is 0 Å². The summed E-state index contributed by atoms with van der Waals surface area (Å²) in [5.41, 5.74) is 0. The van der Waals surface area contributed by atoms with E-state index in [4.69, 9.17) is 4.74 Å². The van der Waals surface area contributed by atoms with Gasteiger partial charge in [0.2, 0.25) is 0 Å². The van der Waals surface area contributed by atoms with Gasteiger partial charge < -0.3 is 10.1 Å². The molecule has 0 spiro atoms. The van der Waals surface area contributed by atoms with E-state index in [9.17, 15) is 0 Å². The zero-order chi connectivity index (χ0) is 12.3. The van der Waals surface area contributed by atoms with E-state index < -0.39 is 0 Å². The molecule has 2 aliphatic rings. The summed E-state index contributed by atoms with van der Waals surface area (Å²) in [5.74, 6) is 0. The Morgan fingerprint density at radius 3 is 2.65 bits per heavy atom. The molecule has 1 aliphatic heterocycles. The summed E-state index contributed by atoms with van der Waals surface area (Å²) < 4.78 is 5.67.